The molecule has 4 bridgehead atoms. The molecule has 11 nitrogen and oxygen atoms in total. The molecule has 1 N–H and O–H groups in total. The lowest BCUT2D eigenvalue weighted by Gasteiger charge is -2.51. The average Bonchev–Trinajstić information content (AvgIpc) is 3.48. The summed E-state index contributed by atoms with van der Waals surface area (Å²) in [5.74, 6) is 0.700. The monoisotopic (exact) mass is 670 g/mol. The fraction of sp³-hybridized carbons (Fsp3) is 0.559. The minimum atomic E-state index is -4.67. The number of alkyl halides is 3. The van der Waals surface area contributed by atoms with E-state index in [0.717, 1.165) is 30.0 Å². The maximum absolute atomic E-state index is 13.9. The zero-order valence-corrected chi connectivity index (χ0v) is 27.4. The molecule has 0 radical (unpaired) electrons. The molecule has 1 aromatic carbocycles. The van der Waals surface area contributed by atoms with E-state index in [1.807, 2.05) is 17.0 Å². The van der Waals surface area contributed by atoms with E-state index in [1.165, 1.54) is 13.0 Å². The van der Waals surface area contributed by atoms with E-state index in [9.17, 15) is 27.6 Å². The number of hydrogen-bond acceptors (Lipinski definition) is 7. The quantitative estimate of drug-likeness (QED) is 0.443. The molecule has 0 aliphatic carbocycles. The largest absolute Gasteiger partial charge is 0.493 e. The van der Waals surface area contributed by atoms with Gasteiger partial charge in [-0.15, -0.1) is 0 Å². The van der Waals surface area contributed by atoms with Crippen LogP contribution < -0.4 is 14.8 Å². The molecular weight excluding hydrogens is 629 g/mol. The number of piperidine rings is 2. The molecule has 0 saturated carbocycles. The summed E-state index contributed by atoms with van der Waals surface area (Å²) in [6.07, 6.45) is -0.134. The molecule has 6 rings (SSSR count). The number of fused-ring (bicyclic) bond motifs is 7. The number of nitrogens with zero attached hydrogens (tertiary/aromatic N) is 5. The van der Waals surface area contributed by atoms with Crippen molar-refractivity contribution >= 4 is 23.4 Å². The van der Waals surface area contributed by atoms with Gasteiger partial charge in [0.2, 0.25) is 11.8 Å². The first kappa shape index (κ1) is 33.5. The average molecular weight is 671 g/mol. The fourth-order valence-electron chi connectivity index (χ4n) is 7.64. The van der Waals surface area contributed by atoms with Crippen molar-refractivity contribution in [2.75, 3.05) is 40.4 Å². The molecule has 5 heterocycles. The van der Waals surface area contributed by atoms with Gasteiger partial charge in [0.25, 0.3) is 5.91 Å². The lowest BCUT2D eigenvalue weighted by molar-refractivity contribution is -0.143. The Balaban J connectivity index is 1.24. The third-order valence-electron chi connectivity index (χ3n) is 9.73. The number of nitrogens with one attached hydrogen (secondary N) is 1. The number of likely N-dealkylation sites (tertiary alicyclic amines) is 1. The summed E-state index contributed by atoms with van der Waals surface area (Å²) in [4.78, 5) is 48.1. The second-order valence-electron chi connectivity index (χ2n) is 13.1. The number of aryl methyl sites for hydroxylation is 3. The van der Waals surface area contributed by atoms with Crippen molar-refractivity contribution in [3.05, 3.63) is 52.5 Å². The normalized spacial score (nSPS) is 22.7. The van der Waals surface area contributed by atoms with Gasteiger partial charge in [0.05, 0.1) is 14.2 Å². The van der Waals surface area contributed by atoms with Crippen LogP contribution in [0.25, 0.3) is 5.65 Å². The molecule has 3 aliphatic heterocycles. The van der Waals surface area contributed by atoms with Crippen LogP contribution in [-0.4, -0.2) is 88.6 Å². The molecule has 0 unspecified atom stereocenters. The summed E-state index contributed by atoms with van der Waals surface area (Å²) in [6.45, 7) is 3.14. The number of halogens is 3. The number of ether oxygens (including phenoxy) is 2. The van der Waals surface area contributed by atoms with Gasteiger partial charge in [-0.1, -0.05) is 6.07 Å². The van der Waals surface area contributed by atoms with Crippen LogP contribution in [0.4, 0.5) is 13.2 Å². The summed E-state index contributed by atoms with van der Waals surface area (Å²) in [5.41, 5.74) is 0.956. The first-order valence-corrected chi connectivity index (χ1v) is 16.5. The predicted molar refractivity (Wildman–Crippen MR) is 169 cm³/mol. The van der Waals surface area contributed by atoms with Crippen molar-refractivity contribution in [2.24, 2.45) is 11.8 Å². The van der Waals surface area contributed by atoms with Crippen LogP contribution in [-0.2, 0) is 28.6 Å². The van der Waals surface area contributed by atoms with Gasteiger partial charge in [0.1, 0.15) is 5.69 Å². The Labute approximate surface area is 276 Å². The van der Waals surface area contributed by atoms with Crippen LogP contribution in [0.1, 0.15) is 71.5 Å². The highest BCUT2D eigenvalue weighted by Crippen LogP contribution is 2.38. The third kappa shape index (κ3) is 6.93. The van der Waals surface area contributed by atoms with Crippen LogP contribution in [0.3, 0.4) is 0 Å². The zero-order chi connectivity index (χ0) is 34.2. The molecule has 3 amide bonds. The van der Waals surface area contributed by atoms with Gasteiger partial charge in [-0.3, -0.25) is 14.4 Å². The lowest BCUT2D eigenvalue weighted by Crippen LogP contribution is -2.60. The molecule has 2 saturated heterocycles. The van der Waals surface area contributed by atoms with E-state index >= 15 is 0 Å². The van der Waals surface area contributed by atoms with E-state index in [0.29, 0.717) is 80.7 Å². The maximum atomic E-state index is 13.9. The molecule has 3 aromatic rings. The van der Waals surface area contributed by atoms with Gasteiger partial charge in [0, 0.05) is 56.8 Å². The number of aromatic nitrogens is 3. The van der Waals surface area contributed by atoms with Crippen LogP contribution >= 0.6 is 0 Å². The summed E-state index contributed by atoms with van der Waals surface area (Å²) in [5, 5.41) is 7.04. The number of benzene rings is 1. The number of amides is 3. The topological polar surface area (TPSA) is 118 Å². The number of carbonyl (C=O) groups excluding carboxylic acids is 3. The Morgan fingerprint density at radius 1 is 0.979 bits per heavy atom. The number of methoxy groups -OCH3 is 2. The molecule has 2 aromatic heterocycles. The molecule has 48 heavy (non-hydrogen) atoms. The van der Waals surface area contributed by atoms with E-state index in [4.69, 9.17) is 9.47 Å². The van der Waals surface area contributed by atoms with Crippen molar-refractivity contribution in [1.82, 2.24) is 29.7 Å². The summed E-state index contributed by atoms with van der Waals surface area (Å²) in [6, 6.07) is 5.97. The maximum Gasteiger partial charge on any atom is 0.433 e. The molecule has 3 atom stereocenters. The highest BCUT2D eigenvalue weighted by molar-refractivity contribution is 5.93. The summed E-state index contributed by atoms with van der Waals surface area (Å²) >= 11 is 0. The van der Waals surface area contributed by atoms with E-state index < -0.39 is 17.8 Å². The molecule has 258 valence electrons. The SMILES string of the molecule is COc1cc2cc(c1OC)CCCNC(=O)CCC[C@H]1[C@H]3C[C@@H](CN(C(=O)c4cc5nc(C)cc(C(F)(F)F)n5n4)C3)CN1C(=O)CC2. The third-order valence-corrected chi connectivity index (χ3v) is 9.73. The van der Waals surface area contributed by atoms with Gasteiger partial charge in [-0.25, -0.2) is 9.50 Å². The minimum Gasteiger partial charge on any atom is -0.493 e. The van der Waals surface area contributed by atoms with Gasteiger partial charge >= 0.3 is 6.18 Å². The Morgan fingerprint density at radius 2 is 1.79 bits per heavy atom. The second-order valence-corrected chi connectivity index (χ2v) is 13.1. The zero-order valence-electron chi connectivity index (χ0n) is 27.4. The summed E-state index contributed by atoms with van der Waals surface area (Å²) in [7, 11) is 3.18. The van der Waals surface area contributed by atoms with Crippen LogP contribution in [0.5, 0.6) is 11.5 Å². The van der Waals surface area contributed by atoms with Crippen molar-refractivity contribution in [3.8, 4) is 11.5 Å². The molecule has 0 spiro atoms. The lowest BCUT2D eigenvalue weighted by atomic mass is 9.77. The molecule has 3 aliphatic rings. The van der Waals surface area contributed by atoms with Crippen LogP contribution in [0, 0.1) is 18.8 Å². The number of hydrogen-bond donors (Lipinski definition) is 1. The Hall–Kier alpha value is -4.36. The standard InChI is InChI=1S/C34H41F3N6O5/c1-20-12-28(34(35,36)37)43-29(39-20)16-25(40-43)33(46)41-17-22-14-24(19-41)26-7-4-8-30(44)38-11-5-6-23-13-21(9-10-31(45)42(26)18-22)15-27(47-2)32(23)48-3/h12-13,15-16,22,24,26H,4-11,14,17-19H2,1-3H3,(H,38,44)/t22-,24-,26-/m0/s1. The Morgan fingerprint density at radius 3 is 2.54 bits per heavy atom. The Bertz CT molecular complexity index is 1710. The summed E-state index contributed by atoms with van der Waals surface area (Å²) < 4.78 is 53.1. The van der Waals surface area contributed by atoms with Gasteiger partial charge in [0.15, 0.2) is 22.8 Å². The van der Waals surface area contributed by atoms with Crippen molar-refractivity contribution in [3.63, 3.8) is 0 Å². The van der Waals surface area contributed by atoms with Gasteiger partial charge in [-0.2, -0.15) is 18.3 Å². The minimum absolute atomic E-state index is 0.00221. The van der Waals surface area contributed by atoms with Crippen LogP contribution in [0.2, 0.25) is 0 Å². The first-order chi connectivity index (χ1) is 22.9. The smallest absolute Gasteiger partial charge is 0.433 e. The first-order valence-electron chi connectivity index (χ1n) is 16.5. The van der Waals surface area contributed by atoms with Crippen molar-refractivity contribution in [1.29, 1.82) is 0 Å². The molecule has 14 heteroatoms. The van der Waals surface area contributed by atoms with E-state index in [-0.39, 0.29) is 46.7 Å². The van der Waals surface area contributed by atoms with Gasteiger partial charge in [-0.05, 0) is 80.5 Å². The molecular formula is C34H41F3N6O5. The highest BCUT2D eigenvalue weighted by atomic mass is 19.4. The fourth-order valence-corrected chi connectivity index (χ4v) is 7.64. The molecule has 2 fully saturated rings. The second kappa shape index (κ2) is 13.6. The van der Waals surface area contributed by atoms with Crippen LogP contribution in [0.15, 0.2) is 24.3 Å². The van der Waals surface area contributed by atoms with Gasteiger partial charge < -0.3 is 24.6 Å². The van der Waals surface area contributed by atoms with Crippen molar-refractivity contribution in [2.45, 2.75) is 70.5 Å². The Kier molecular flexibility index (Phi) is 9.53. The van der Waals surface area contributed by atoms with E-state index in [1.54, 1.807) is 19.1 Å². The van der Waals surface area contributed by atoms with E-state index in [2.05, 4.69) is 15.4 Å². The highest BCUT2D eigenvalue weighted by Gasteiger charge is 2.44. The predicted octanol–water partition coefficient (Wildman–Crippen LogP) is 4.23. The van der Waals surface area contributed by atoms with Crippen molar-refractivity contribution < 1.29 is 37.0 Å². The number of carbonyl (C=O) groups is 3. The number of rotatable bonds is 3.